The summed E-state index contributed by atoms with van der Waals surface area (Å²) in [5, 5.41) is 12.9. The molecule has 3 aromatic rings. The number of thiophene rings is 1. The third-order valence-corrected chi connectivity index (χ3v) is 6.90. The van der Waals surface area contributed by atoms with E-state index in [2.05, 4.69) is 0 Å². The Morgan fingerprint density at radius 3 is 2.30 bits per heavy atom. The number of rotatable bonds is 3. The predicted molar refractivity (Wildman–Crippen MR) is 121 cm³/mol. The molecule has 0 spiro atoms. The summed E-state index contributed by atoms with van der Waals surface area (Å²) in [6.45, 7) is 5.54. The van der Waals surface area contributed by atoms with Crippen LogP contribution in [0.1, 0.15) is 38.7 Å². The van der Waals surface area contributed by atoms with Gasteiger partial charge >= 0.3 is 6.18 Å². The monoisotopic (exact) mass is 471 g/mol. The first-order chi connectivity index (χ1) is 15.5. The summed E-state index contributed by atoms with van der Waals surface area (Å²) in [4.78, 5) is 27.9. The summed E-state index contributed by atoms with van der Waals surface area (Å²) < 4.78 is 40.0. The third kappa shape index (κ3) is 3.95. The number of amides is 1. The van der Waals surface area contributed by atoms with Gasteiger partial charge in [0.1, 0.15) is 11.8 Å². The maximum atomic E-state index is 13.3. The molecule has 0 bridgehead atoms. The van der Waals surface area contributed by atoms with Crippen molar-refractivity contribution in [3.05, 3.63) is 92.2 Å². The fraction of sp³-hybridized carbons (Fsp3) is 0.200. The summed E-state index contributed by atoms with van der Waals surface area (Å²) in [5.41, 5.74) is 1.85. The van der Waals surface area contributed by atoms with Gasteiger partial charge < -0.3 is 5.11 Å². The highest BCUT2D eigenvalue weighted by Crippen LogP contribution is 2.45. The predicted octanol–water partition coefficient (Wildman–Crippen LogP) is 6.32. The van der Waals surface area contributed by atoms with Crippen LogP contribution >= 0.6 is 11.3 Å². The largest absolute Gasteiger partial charge is 0.507 e. The lowest BCUT2D eigenvalue weighted by Crippen LogP contribution is -2.29. The fourth-order valence-corrected chi connectivity index (χ4v) is 4.91. The van der Waals surface area contributed by atoms with Gasteiger partial charge in [0.25, 0.3) is 11.7 Å². The van der Waals surface area contributed by atoms with Gasteiger partial charge in [-0.05, 0) is 73.2 Å². The van der Waals surface area contributed by atoms with Crippen LogP contribution in [0.4, 0.5) is 18.9 Å². The smallest absolute Gasteiger partial charge is 0.416 e. The molecule has 1 fully saturated rings. The first-order valence-corrected chi connectivity index (χ1v) is 11.0. The summed E-state index contributed by atoms with van der Waals surface area (Å²) in [7, 11) is 0. The number of ketones is 1. The lowest BCUT2D eigenvalue weighted by Gasteiger charge is -2.25. The number of carbonyl (C=O) groups is 2. The molecule has 2 aromatic carbocycles. The van der Waals surface area contributed by atoms with Gasteiger partial charge in [-0.3, -0.25) is 14.5 Å². The Labute approximate surface area is 192 Å². The van der Waals surface area contributed by atoms with Gasteiger partial charge in [-0.25, -0.2) is 0 Å². The second-order valence-corrected chi connectivity index (χ2v) is 8.93. The molecule has 0 aliphatic carbocycles. The molecule has 0 radical (unpaired) electrons. The topological polar surface area (TPSA) is 57.6 Å². The minimum atomic E-state index is -4.61. The van der Waals surface area contributed by atoms with Crippen molar-refractivity contribution in [2.45, 2.75) is 33.0 Å². The van der Waals surface area contributed by atoms with Crippen molar-refractivity contribution in [3.8, 4) is 0 Å². The molecule has 1 unspecified atom stereocenters. The number of hydrogen-bond acceptors (Lipinski definition) is 4. The van der Waals surface area contributed by atoms with Crippen LogP contribution < -0.4 is 4.90 Å². The Kier molecular flexibility index (Phi) is 5.66. The standard InChI is InChI=1S/C25H20F3NO3S/c1-13-7-8-16(11-15(13)3)21(30)19-20(23-14(2)9-10-33-23)29(24(32)22(19)31)18-6-4-5-17(12-18)25(26,27)28/h4-12,20,30H,1-3H3/b21-19-. The summed E-state index contributed by atoms with van der Waals surface area (Å²) in [5.74, 6) is -2.29. The van der Waals surface area contributed by atoms with E-state index >= 15 is 0 Å². The minimum Gasteiger partial charge on any atom is -0.507 e. The van der Waals surface area contributed by atoms with Crippen molar-refractivity contribution >= 4 is 34.5 Å². The first-order valence-electron chi connectivity index (χ1n) is 10.1. The quantitative estimate of drug-likeness (QED) is 0.276. The van der Waals surface area contributed by atoms with E-state index in [9.17, 15) is 27.9 Å². The molecule has 0 saturated carbocycles. The minimum absolute atomic E-state index is 0.0659. The molecule has 33 heavy (non-hydrogen) atoms. The van der Waals surface area contributed by atoms with E-state index < -0.39 is 29.5 Å². The lowest BCUT2D eigenvalue weighted by atomic mass is 9.96. The Morgan fingerprint density at radius 2 is 1.70 bits per heavy atom. The van der Waals surface area contributed by atoms with Crippen LogP contribution in [0.25, 0.3) is 5.76 Å². The Bertz CT molecular complexity index is 1310. The number of benzene rings is 2. The zero-order chi connectivity index (χ0) is 24.1. The normalized spacial score (nSPS) is 18.2. The fourth-order valence-electron chi connectivity index (χ4n) is 3.89. The zero-order valence-electron chi connectivity index (χ0n) is 18.0. The molecule has 1 amide bonds. The highest BCUT2D eigenvalue weighted by Gasteiger charge is 2.48. The number of alkyl halides is 3. The maximum absolute atomic E-state index is 13.3. The van der Waals surface area contributed by atoms with Gasteiger partial charge in [-0.1, -0.05) is 18.2 Å². The highest BCUT2D eigenvalue weighted by molar-refractivity contribution is 7.10. The second kappa shape index (κ2) is 8.19. The van der Waals surface area contributed by atoms with Crippen LogP contribution in [0.2, 0.25) is 0 Å². The number of aliphatic hydroxyl groups is 1. The average molecular weight is 472 g/mol. The van der Waals surface area contributed by atoms with E-state index in [-0.39, 0.29) is 17.0 Å². The molecule has 1 aliphatic rings. The maximum Gasteiger partial charge on any atom is 0.416 e. The van der Waals surface area contributed by atoms with Crippen molar-refractivity contribution in [2.24, 2.45) is 0 Å². The molecule has 1 saturated heterocycles. The van der Waals surface area contributed by atoms with E-state index in [0.29, 0.717) is 10.4 Å². The second-order valence-electron chi connectivity index (χ2n) is 7.98. The number of aryl methyl sites for hydroxylation is 3. The molecule has 8 heteroatoms. The Morgan fingerprint density at radius 1 is 0.970 bits per heavy atom. The first kappa shape index (κ1) is 22.8. The number of hydrogen-bond donors (Lipinski definition) is 1. The van der Waals surface area contributed by atoms with Gasteiger partial charge in [0, 0.05) is 16.1 Å². The van der Waals surface area contributed by atoms with Gasteiger partial charge in [-0.15, -0.1) is 11.3 Å². The number of carbonyl (C=O) groups excluding carboxylic acids is 2. The Balaban J connectivity index is 1.95. The van der Waals surface area contributed by atoms with Crippen molar-refractivity contribution in [3.63, 3.8) is 0 Å². The van der Waals surface area contributed by atoms with Crippen molar-refractivity contribution in [1.82, 2.24) is 0 Å². The van der Waals surface area contributed by atoms with Gasteiger partial charge in [-0.2, -0.15) is 13.2 Å². The molecule has 1 atom stereocenters. The van der Waals surface area contributed by atoms with Crippen LogP contribution in [0.5, 0.6) is 0 Å². The van der Waals surface area contributed by atoms with Crippen molar-refractivity contribution < 1.29 is 27.9 Å². The van der Waals surface area contributed by atoms with Gasteiger partial charge in [0.2, 0.25) is 0 Å². The van der Waals surface area contributed by atoms with E-state index in [1.807, 2.05) is 13.8 Å². The SMILES string of the molecule is Cc1ccc(/C(O)=C2/C(=O)C(=O)N(c3cccc(C(F)(F)F)c3)C2c2sccc2C)cc1C. The van der Waals surface area contributed by atoms with E-state index in [0.717, 1.165) is 33.7 Å². The van der Waals surface area contributed by atoms with Crippen LogP contribution in [-0.4, -0.2) is 16.8 Å². The molecule has 1 aromatic heterocycles. The summed E-state index contributed by atoms with van der Waals surface area (Å²) >= 11 is 1.27. The molecule has 4 rings (SSSR count). The molecule has 1 N–H and O–H groups in total. The van der Waals surface area contributed by atoms with Crippen molar-refractivity contribution in [1.29, 1.82) is 0 Å². The lowest BCUT2D eigenvalue weighted by molar-refractivity contribution is -0.137. The molecular formula is C25H20F3NO3S. The molecule has 4 nitrogen and oxygen atoms in total. The molecular weight excluding hydrogens is 451 g/mol. The highest BCUT2D eigenvalue weighted by atomic mass is 32.1. The summed E-state index contributed by atoms with van der Waals surface area (Å²) in [6, 6.07) is 10.2. The number of nitrogens with zero attached hydrogens (tertiary/aromatic N) is 1. The van der Waals surface area contributed by atoms with E-state index in [1.54, 1.807) is 36.6 Å². The number of halogens is 3. The van der Waals surface area contributed by atoms with Gasteiger partial charge in [0.05, 0.1) is 11.1 Å². The molecule has 2 heterocycles. The number of aliphatic hydroxyl groups excluding tert-OH is 1. The van der Waals surface area contributed by atoms with E-state index in [1.165, 1.54) is 23.5 Å². The number of Topliss-reactive ketones (excluding diaryl/α,β-unsaturated/α-hetero) is 1. The number of anilines is 1. The van der Waals surface area contributed by atoms with E-state index in [4.69, 9.17) is 0 Å². The van der Waals surface area contributed by atoms with Crippen LogP contribution in [-0.2, 0) is 15.8 Å². The average Bonchev–Trinajstić information content (AvgIpc) is 3.29. The summed E-state index contributed by atoms with van der Waals surface area (Å²) in [6.07, 6.45) is -4.61. The van der Waals surface area contributed by atoms with Crippen molar-refractivity contribution in [2.75, 3.05) is 4.90 Å². The van der Waals surface area contributed by atoms with Gasteiger partial charge in [0.15, 0.2) is 0 Å². The van der Waals surface area contributed by atoms with Crippen LogP contribution in [0.15, 0.2) is 59.5 Å². The molecule has 170 valence electrons. The molecule has 1 aliphatic heterocycles. The van der Waals surface area contributed by atoms with Crippen LogP contribution in [0, 0.1) is 20.8 Å². The third-order valence-electron chi connectivity index (χ3n) is 5.83. The zero-order valence-corrected chi connectivity index (χ0v) is 18.8. The Hall–Kier alpha value is -3.39. The van der Waals surface area contributed by atoms with Crippen LogP contribution in [0.3, 0.4) is 0 Å².